The van der Waals surface area contributed by atoms with Crippen molar-refractivity contribution in [1.82, 2.24) is 37.2 Å². The first-order chi connectivity index (χ1) is 38.2. The summed E-state index contributed by atoms with van der Waals surface area (Å²) < 4.78 is 14.1. The second kappa shape index (κ2) is 21.2. The number of guanidine groups is 1. The number of esters is 1. The van der Waals surface area contributed by atoms with E-state index in [1.807, 2.05) is 31.5 Å². The second-order valence-corrected chi connectivity index (χ2v) is 25.9. The number of rotatable bonds is 10. The number of carbonyl (C=O) groups is 3. The van der Waals surface area contributed by atoms with Gasteiger partial charge in [0.2, 0.25) is 5.78 Å². The fraction of sp³-hybridized carbons (Fsp3) is 0.625. The smallest absolute Gasteiger partial charge is 0.350 e. The van der Waals surface area contributed by atoms with Crippen molar-refractivity contribution >= 4 is 23.5 Å². The summed E-state index contributed by atoms with van der Waals surface area (Å²) in [5, 5.41) is 36.8. The van der Waals surface area contributed by atoms with E-state index in [0.29, 0.717) is 43.7 Å². The van der Waals surface area contributed by atoms with Crippen LogP contribution in [0.3, 0.4) is 0 Å². The molecule has 1 aromatic rings. The fourth-order valence-corrected chi connectivity index (χ4v) is 17.1. The van der Waals surface area contributed by atoms with Crippen molar-refractivity contribution in [3.8, 4) is 0 Å². The third kappa shape index (κ3) is 9.48. The molecule has 2 saturated heterocycles. The molecule has 5 aliphatic carbocycles. The number of ketones is 2. The molecule has 14 atom stereocenters. The molecular weight excluding hydrogens is 991 g/mol. The van der Waals surface area contributed by atoms with Gasteiger partial charge in [-0.2, -0.15) is 0 Å². The van der Waals surface area contributed by atoms with Crippen molar-refractivity contribution in [3.63, 3.8) is 0 Å². The molecule has 6 aliphatic heterocycles. The van der Waals surface area contributed by atoms with E-state index in [9.17, 15) is 5.11 Å². The largest absolute Gasteiger partial charge is 0.459 e. The first kappa shape index (κ1) is 54.3. The van der Waals surface area contributed by atoms with E-state index in [0.717, 1.165) is 125 Å². The molecule has 15 heteroatoms. The Morgan fingerprint density at radius 3 is 2.71 bits per heavy atom. The number of fused-ring (bicyclic) bond motifs is 2. The number of carbonyl (C=O) groups excluding carboxylic acids is 3. The number of allylic oxidation sites excluding steroid dienone is 5. The van der Waals surface area contributed by atoms with E-state index in [4.69, 9.17) is 15.2 Å². The van der Waals surface area contributed by atoms with Gasteiger partial charge in [-0.25, -0.2) is 4.79 Å². The van der Waals surface area contributed by atoms with Crippen LogP contribution in [0.5, 0.6) is 0 Å². The van der Waals surface area contributed by atoms with E-state index in [2.05, 4.69) is 99.4 Å². The predicted octanol–water partition coefficient (Wildman–Crippen LogP) is 7.09. The number of nitrogens with two attached hydrogens (primary N) is 1. The Kier molecular flexibility index (Phi) is 14.6. The maximum absolute atomic E-state index is 16.3. The van der Waals surface area contributed by atoms with Crippen molar-refractivity contribution < 1.29 is 29.0 Å². The van der Waals surface area contributed by atoms with Gasteiger partial charge in [0.1, 0.15) is 11.9 Å². The predicted molar refractivity (Wildman–Crippen MR) is 307 cm³/mol. The standard InChI is InChI=1S/C64H87N9O6/c1-6-71-62-35-41-14-9-13-40-12-7-8-25-60(3,33-39-17-21-51(65)70-37-39)34-43-15-10-16-46-53(43)56(76)64(58(77)78-54(50(62)31-47(40)41)48-30-44(74)19-18-42(48)36-62)63(79-64,55(46)75)27-23-38(2)32-61(26-11-28-69-59(67-5)73-61)49-24-29-68-57-45(49)20-22-52(66-4)72-57/h9-10,14-17,21,23-24,35,37,40,42,44,47-48,50-52,54,66,68,70-72,74H,6-8,11-13,18-20,22,25-34,36,65H2,1-5H3,(H2,67,69,73). The van der Waals surface area contributed by atoms with Gasteiger partial charge < -0.3 is 57.5 Å². The van der Waals surface area contributed by atoms with E-state index in [1.54, 1.807) is 13.1 Å². The first-order valence-electron chi connectivity index (χ1n) is 30.3. The lowest BCUT2D eigenvalue weighted by atomic mass is 9.52. The van der Waals surface area contributed by atoms with Crippen molar-refractivity contribution in [1.29, 1.82) is 0 Å². The van der Waals surface area contributed by atoms with E-state index < -0.39 is 46.2 Å². The SMILES string of the molecule is CCNC12C=C3C=CCC4CCCCC(C)(CC5=CNC(N)C=C5)Cc5cccc6c5C(=O)C5(OC5(CC=C(C)CC5(C7=CCNC8=C7CCC(NC)N8)CCCNC(=NC)N5)C6=O)C(=O)OC(C5CC(O)CCC5C1)C2CC34. The molecule has 1 spiro atoms. The number of ether oxygens (including phenoxy) is 2. The molecule has 4 fully saturated rings. The van der Waals surface area contributed by atoms with Gasteiger partial charge in [-0.15, -0.1) is 0 Å². The number of aliphatic hydroxyl groups is 1. The number of Topliss-reactive ketones (excluding diaryl/α,β-unsaturated/α-hetero) is 2. The Morgan fingerprint density at radius 1 is 1.03 bits per heavy atom. The lowest BCUT2D eigenvalue weighted by molar-refractivity contribution is -0.175. The average molecular weight is 1080 g/mol. The average Bonchev–Trinajstić information content (AvgIpc) is 1.94. The summed E-state index contributed by atoms with van der Waals surface area (Å²) in [6.45, 7) is 8.74. The maximum atomic E-state index is 16.3. The first-order valence-corrected chi connectivity index (χ1v) is 30.3. The Bertz CT molecular complexity index is 2880. The zero-order valence-corrected chi connectivity index (χ0v) is 47.4. The van der Waals surface area contributed by atoms with Gasteiger partial charge >= 0.3 is 5.97 Å². The van der Waals surface area contributed by atoms with Crippen LogP contribution in [0.15, 0.2) is 106 Å². The van der Waals surface area contributed by atoms with Gasteiger partial charge in [0.05, 0.1) is 24.0 Å². The lowest BCUT2D eigenvalue weighted by Gasteiger charge is -2.58. The number of dihydropyridines is 2. The molecule has 1 aromatic carbocycles. The summed E-state index contributed by atoms with van der Waals surface area (Å²) in [5.41, 5.74) is 8.21. The highest BCUT2D eigenvalue weighted by atomic mass is 16.7. The summed E-state index contributed by atoms with van der Waals surface area (Å²) in [6.07, 6.45) is 30.7. The number of aliphatic hydroxyl groups excluding tert-OH is 1. The molecule has 79 heavy (non-hydrogen) atoms. The van der Waals surface area contributed by atoms with E-state index >= 15 is 14.4 Å². The molecule has 15 nitrogen and oxygen atoms in total. The number of nitrogens with one attached hydrogen (secondary N) is 7. The number of aliphatic imine (C=N–C) groups is 1. The van der Waals surface area contributed by atoms with Gasteiger partial charge in [0, 0.05) is 61.3 Å². The highest BCUT2D eigenvalue weighted by Crippen LogP contribution is 2.62. The van der Waals surface area contributed by atoms with Crippen LogP contribution >= 0.6 is 0 Å². The maximum Gasteiger partial charge on any atom is 0.350 e. The minimum atomic E-state index is -2.20. The van der Waals surface area contributed by atoms with Crippen LogP contribution in [-0.4, -0.2) is 109 Å². The molecule has 0 amide bonds. The summed E-state index contributed by atoms with van der Waals surface area (Å²) in [4.78, 5) is 53.1. The molecule has 424 valence electrons. The number of hydrogen-bond acceptors (Lipinski definition) is 13. The van der Waals surface area contributed by atoms with E-state index in [1.165, 1.54) is 16.7 Å². The molecule has 2 saturated carbocycles. The fourth-order valence-electron chi connectivity index (χ4n) is 17.1. The van der Waals surface area contributed by atoms with Gasteiger partial charge in [-0.1, -0.05) is 86.9 Å². The quantitative estimate of drug-likeness (QED) is 0.0496. The summed E-state index contributed by atoms with van der Waals surface area (Å²) in [7, 11) is 3.79. The summed E-state index contributed by atoms with van der Waals surface area (Å²) in [6, 6.07) is 5.65. The highest BCUT2D eigenvalue weighted by molar-refractivity contribution is 6.33. The minimum Gasteiger partial charge on any atom is -0.459 e. The lowest BCUT2D eigenvalue weighted by Crippen LogP contribution is -2.65. The zero-order chi connectivity index (χ0) is 54.9. The zero-order valence-electron chi connectivity index (χ0n) is 47.4. The van der Waals surface area contributed by atoms with Crippen LogP contribution in [0.25, 0.3) is 0 Å². The summed E-state index contributed by atoms with van der Waals surface area (Å²) in [5.74, 6) is 0.826. The molecule has 0 radical (unpaired) electrons. The minimum absolute atomic E-state index is 0.0148. The van der Waals surface area contributed by atoms with Crippen molar-refractivity contribution in [2.75, 3.05) is 33.7 Å². The number of nitrogens with zero attached hydrogens (tertiary/aromatic N) is 1. The molecule has 12 rings (SSSR count). The molecule has 0 aromatic heterocycles. The molecule has 14 unspecified atom stereocenters. The van der Waals surface area contributed by atoms with Gasteiger partial charge in [-0.05, 0) is 174 Å². The number of benzene rings is 1. The Labute approximate surface area is 467 Å². The molecule has 6 heterocycles. The number of hydrogen-bond donors (Lipinski definition) is 9. The molecular formula is C64H87N9O6. The Hall–Kier alpha value is -5.32. The van der Waals surface area contributed by atoms with Crippen LogP contribution < -0.4 is 43.0 Å². The van der Waals surface area contributed by atoms with Gasteiger partial charge in [-0.3, -0.25) is 14.6 Å². The van der Waals surface area contributed by atoms with E-state index in [-0.39, 0.29) is 59.2 Å². The second-order valence-electron chi connectivity index (χ2n) is 25.9. The van der Waals surface area contributed by atoms with Crippen LogP contribution in [0, 0.1) is 35.0 Å². The van der Waals surface area contributed by atoms with Crippen molar-refractivity contribution in [2.24, 2.45) is 45.7 Å². The topological polar surface area (TPSA) is 216 Å². The Balaban J connectivity index is 0.963. The van der Waals surface area contributed by atoms with Crippen LogP contribution in [0.1, 0.15) is 156 Å². The normalized spacial score (nSPS) is 40.2. The van der Waals surface area contributed by atoms with Crippen molar-refractivity contribution in [3.05, 3.63) is 117 Å². The third-order valence-corrected chi connectivity index (χ3v) is 20.9. The van der Waals surface area contributed by atoms with Crippen molar-refractivity contribution in [2.45, 2.75) is 183 Å². The molecule has 11 aliphatic rings. The number of epoxide rings is 1. The van der Waals surface area contributed by atoms with Crippen LogP contribution in [0.4, 0.5) is 0 Å². The van der Waals surface area contributed by atoms with Gasteiger partial charge in [0.15, 0.2) is 17.3 Å². The van der Waals surface area contributed by atoms with Gasteiger partial charge in [0.25, 0.3) is 5.60 Å². The third-order valence-electron chi connectivity index (χ3n) is 20.9. The highest BCUT2D eigenvalue weighted by Gasteiger charge is 2.86. The van der Waals surface area contributed by atoms with Crippen LogP contribution in [0.2, 0.25) is 0 Å². The molecule has 10 N–H and O–H groups in total. The summed E-state index contributed by atoms with van der Waals surface area (Å²) >= 11 is 0. The number of likely N-dealkylation sites (N-methyl/N-ethyl adjacent to an activating group) is 1. The van der Waals surface area contributed by atoms with Crippen LogP contribution in [-0.2, 0) is 20.7 Å². The monoisotopic (exact) mass is 1080 g/mol. The molecule has 4 bridgehead atoms. The Morgan fingerprint density at radius 2 is 1.90 bits per heavy atom.